The normalized spacial score (nSPS) is 26.3. The first kappa shape index (κ1) is 12.9. The van der Waals surface area contributed by atoms with E-state index in [-0.39, 0.29) is 11.1 Å². The van der Waals surface area contributed by atoms with Crippen LogP contribution in [0, 0.1) is 0 Å². The second-order valence-electron chi connectivity index (χ2n) is 5.74. The van der Waals surface area contributed by atoms with E-state index in [1.54, 1.807) is 0 Å². The zero-order valence-electron chi connectivity index (χ0n) is 10.3. The molecule has 1 aliphatic heterocycles. The third kappa shape index (κ3) is 2.89. The van der Waals surface area contributed by atoms with Crippen molar-refractivity contribution in [3.8, 4) is 0 Å². The van der Waals surface area contributed by atoms with E-state index >= 15 is 0 Å². The van der Waals surface area contributed by atoms with Gasteiger partial charge in [0.25, 0.3) is 0 Å². The second kappa shape index (κ2) is 4.00. The highest BCUT2D eigenvalue weighted by molar-refractivity contribution is 7.80. The summed E-state index contributed by atoms with van der Waals surface area (Å²) in [6.07, 6.45) is 1.81. The van der Waals surface area contributed by atoms with E-state index in [2.05, 4.69) is 33.0 Å². The van der Waals surface area contributed by atoms with Gasteiger partial charge in [0.2, 0.25) is 0 Å². The van der Waals surface area contributed by atoms with Crippen molar-refractivity contribution in [2.24, 2.45) is 0 Å². The van der Waals surface area contributed by atoms with Crippen molar-refractivity contribution < 1.29 is 5.21 Å². The highest BCUT2D eigenvalue weighted by atomic mass is 32.1. The van der Waals surface area contributed by atoms with Crippen molar-refractivity contribution in [3.05, 3.63) is 0 Å². The maximum absolute atomic E-state index is 10.1. The van der Waals surface area contributed by atoms with E-state index < -0.39 is 0 Å². The summed E-state index contributed by atoms with van der Waals surface area (Å²) in [7, 11) is 0. The first-order valence-corrected chi connectivity index (χ1v) is 5.82. The lowest BCUT2D eigenvalue weighted by Gasteiger charge is -2.51. The largest absolute Gasteiger partial charge is 0.377 e. The van der Waals surface area contributed by atoms with E-state index in [9.17, 15) is 5.21 Å². The van der Waals surface area contributed by atoms with Crippen LogP contribution in [-0.2, 0) is 0 Å². The molecule has 2 N–H and O–H groups in total. The molecule has 4 heteroatoms. The van der Waals surface area contributed by atoms with Crippen LogP contribution in [0.4, 0.5) is 0 Å². The summed E-state index contributed by atoms with van der Waals surface area (Å²) in [6.45, 7) is 10.1. The van der Waals surface area contributed by atoms with Crippen LogP contribution in [0.2, 0.25) is 0 Å². The van der Waals surface area contributed by atoms with Gasteiger partial charge in [-0.2, -0.15) is 5.06 Å². The molecule has 15 heavy (non-hydrogen) atoms. The molecule has 1 aliphatic rings. The van der Waals surface area contributed by atoms with Crippen molar-refractivity contribution >= 4 is 17.2 Å². The van der Waals surface area contributed by atoms with Crippen molar-refractivity contribution in [2.75, 3.05) is 0 Å². The monoisotopic (exact) mass is 230 g/mol. The van der Waals surface area contributed by atoms with Crippen LogP contribution in [0.1, 0.15) is 47.5 Å². The van der Waals surface area contributed by atoms with Crippen LogP contribution in [0.3, 0.4) is 0 Å². The summed E-state index contributed by atoms with van der Waals surface area (Å²) >= 11 is 5.07. The van der Waals surface area contributed by atoms with Crippen molar-refractivity contribution in [1.29, 1.82) is 0 Å². The van der Waals surface area contributed by atoms with Gasteiger partial charge in [-0.05, 0) is 47.5 Å². The fraction of sp³-hybridized carbons (Fsp3) is 0.909. The molecule has 0 aromatic heterocycles. The Hall–Kier alpha value is -0.190. The molecule has 0 unspecified atom stereocenters. The van der Waals surface area contributed by atoms with E-state index in [1.807, 2.05) is 6.92 Å². The molecule has 1 fully saturated rings. The zero-order chi connectivity index (χ0) is 11.9. The molecule has 0 saturated carbocycles. The lowest BCUT2D eigenvalue weighted by Crippen LogP contribution is -2.62. The van der Waals surface area contributed by atoms with Gasteiger partial charge in [0.1, 0.15) is 0 Å². The summed E-state index contributed by atoms with van der Waals surface area (Å²) in [5.74, 6) is 0. The molecule has 1 rings (SSSR count). The Morgan fingerprint density at radius 2 is 1.67 bits per heavy atom. The second-order valence-corrected chi connectivity index (χ2v) is 6.35. The standard InChI is InChI=1S/C11H22N2OS/c1-8(15)12-9-6-10(2,3)13(14)11(4,5)7-9/h9,14H,6-7H2,1-5H3,(H,12,15). The number of nitrogens with one attached hydrogen (secondary N) is 1. The minimum Gasteiger partial charge on any atom is -0.377 e. The lowest BCUT2D eigenvalue weighted by molar-refractivity contribution is -0.245. The van der Waals surface area contributed by atoms with Gasteiger partial charge >= 0.3 is 0 Å². The molecule has 0 aromatic carbocycles. The minimum atomic E-state index is -0.204. The Morgan fingerprint density at radius 1 is 1.27 bits per heavy atom. The summed E-state index contributed by atoms with van der Waals surface area (Å²) < 4.78 is 0. The SMILES string of the molecule is CC(=S)NC1CC(C)(C)N(O)C(C)(C)C1. The van der Waals surface area contributed by atoms with E-state index in [1.165, 1.54) is 5.06 Å². The van der Waals surface area contributed by atoms with Gasteiger partial charge in [-0.25, -0.2) is 0 Å². The number of hydrogen-bond donors (Lipinski definition) is 2. The molecule has 0 spiro atoms. The average Bonchev–Trinajstić information content (AvgIpc) is 1.97. The van der Waals surface area contributed by atoms with Gasteiger partial charge in [-0.15, -0.1) is 0 Å². The van der Waals surface area contributed by atoms with E-state index in [0.29, 0.717) is 6.04 Å². The van der Waals surface area contributed by atoms with Gasteiger partial charge < -0.3 is 10.5 Å². The fourth-order valence-corrected chi connectivity index (χ4v) is 2.83. The van der Waals surface area contributed by atoms with E-state index in [4.69, 9.17) is 12.2 Å². The van der Waals surface area contributed by atoms with Crippen molar-refractivity contribution in [2.45, 2.75) is 64.6 Å². The Labute approximate surface area is 97.8 Å². The van der Waals surface area contributed by atoms with Gasteiger partial charge in [0.05, 0.1) is 4.99 Å². The fourth-order valence-electron chi connectivity index (χ4n) is 2.66. The van der Waals surface area contributed by atoms with E-state index in [0.717, 1.165) is 17.8 Å². The van der Waals surface area contributed by atoms with Gasteiger partial charge in [-0.1, -0.05) is 12.2 Å². The first-order valence-electron chi connectivity index (χ1n) is 5.41. The minimum absolute atomic E-state index is 0.204. The summed E-state index contributed by atoms with van der Waals surface area (Å²) in [6, 6.07) is 0.357. The molecule has 0 bridgehead atoms. The molecular weight excluding hydrogens is 208 g/mol. The molecular formula is C11H22N2OS. The molecule has 88 valence electrons. The highest BCUT2D eigenvalue weighted by Gasteiger charge is 2.44. The van der Waals surface area contributed by atoms with Crippen LogP contribution < -0.4 is 5.32 Å². The number of nitrogens with zero attached hydrogens (tertiary/aromatic N) is 1. The average molecular weight is 230 g/mol. The predicted molar refractivity (Wildman–Crippen MR) is 66.2 cm³/mol. The lowest BCUT2D eigenvalue weighted by atomic mass is 9.79. The summed E-state index contributed by atoms with van der Waals surface area (Å²) in [5, 5.41) is 14.9. The van der Waals surface area contributed by atoms with Crippen LogP contribution in [0.5, 0.6) is 0 Å². The van der Waals surface area contributed by atoms with Crippen LogP contribution >= 0.6 is 12.2 Å². The number of piperidine rings is 1. The van der Waals surface area contributed by atoms with Crippen LogP contribution in [0.25, 0.3) is 0 Å². The first-order chi connectivity index (χ1) is 6.65. The molecule has 0 atom stereocenters. The van der Waals surface area contributed by atoms with Gasteiger partial charge in [0, 0.05) is 17.1 Å². The van der Waals surface area contributed by atoms with Crippen molar-refractivity contribution in [1.82, 2.24) is 10.4 Å². The topological polar surface area (TPSA) is 35.5 Å². The molecule has 1 saturated heterocycles. The maximum atomic E-state index is 10.1. The smallest absolute Gasteiger partial charge is 0.0724 e. The predicted octanol–water partition coefficient (Wildman–Crippen LogP) is 2.33. The Bertz CT molecular complexity index is 245. The third-order valence-electron chi connectivity index (χ3n) is 3.05. The van der Waals surface area contributed by atoms with Gasteiger partial charge in [0.15, 0.2) is 0 Å². The summed E-state index contributed by atoms with van der Waals surface area (Å²) in [4.78, 5) is 0.831. The number of thiocarbonyl (C=S) groups is 1. The molecule has 0 aliphatic carbocycles. The Balaban J connectivity index is 2.79. The maximum Gasteiger partial charge on any atom is 0.0724 e. The molecule has 3 nitrogen and oxygen atoms in total. The highest BCUT2D eigenvalue weighted by Crippen LogP contribution is 2.36. The zero-order valence-corrected chi connectivity index (χ0v) is 11.1. The molecule has 0 aromatic rings. The van der Waals surface area contributed by atoms with Gasteiger partial charge in [-0.3, -0.25) is 0 Å². The number of hydrogen-bond acceptors (Lipinski definition) is 3. The Kier molecular flexibility index (Phi) is 3.43. The quantitative estimate of drug-likeness (QED) is 0.678. The van der Waals surface area contributed by atoms with Crippen LogP contribution in [0.15, 0.2) is 0 Å². The number of hydroxylamine groups is 2. The molecule has 0 amide bonds. The number of rotatable bonds is 1. The van der Waals surface area contributed by atoms with Crippen molar-refractivity contribution in [3.63, 3.8) is 0 Å². The molecule has 1 heterocycles. The molecule has 0 radical (unpaired) electrons. The Morgan fingerprint density at radius 3 is 2.00 bits per heavy atom. The summed E-state index contributed by atoms with van der Waals surface area (Å²) in [5.41, 5.74) is -0.408. The van der Waals surface area contributed by atoms with Crippen LogP contribution in [-0.4, -0.2) is 32.4 Å². The third-order valence-corrected chi connectivity index (χ3v) is 3.16.